The topological polar surface area (TPSA) is 81.1 Å². The Morgan fingerprint density at radius 1 is 1.26 bits per heavy atom. The van der Waals surface area contributed by atoms with Gasteiger partial charge in [0, 0.05) is 24.6 Å². The molecule has 0 aromatic carbocycles. The van der Waals surface area contributed by atoms with Gasteiger partial charge >= 0.3 is 0 Å². The van der Waals surface area contributed by atoms with Gasteiger partial charge in [-0.1, -0.05) is 19.9 Å². The van der Waals surface area contributed by atoms with Crippen molar-refractivity contribution in [2.75, 3.05) is 12.3 Å². The summed E-state index contributed by atoms with van der Waals surface area (Å²) in [5.74, 6) is 0.454. The highest BCUT2D eigenvalue weighted by Gasteiger charge is 2.14. The molecule has 0 bridgehead atoms. The fraction of sp³-hybridized carbons (Fsp3) is 0.353. The molecule has 3 aromatic heterocycles. The molecule has 0 aliphatic rings. The third-order valence-electron chi connectivity index (χ3n) is 3.67. The summed E-state index contributed by atoms with van der Waals surface area (Å²) >= 11 is 0. The van der Waals surface area contributed by atoms with Crippen LogP contribution in [0.25, 0.3) is 16.9 Å². The Bertz CT molecular complexity index is 778. The molecule has 3 heterocycles. The number of aryl methyl sites for hydroxylation is 1. The zero-order valence-electron chi connectivity index (χ0n) is 13.5. The molecule has 3 N–H and O–H groups in total. The van der Waals surface area contributed by atoms with Gasteiger partial charge in [-0.3, -0.25) is 4.98 Å². The monoisotopic (exact) mass is 310 g/mol. The van der Waals surface area contributed by atoms with Crippen LogP contribution in [0.1, 0.15) is 25.8 Å². The summed E-state index contributed by atoms with van der Waals surface area (Å²) in [6.45, 7) is 5.30. The number of aromatic nitrogens is 4. The molecule has 120 valence electrons. The fourth-order valence-electron chi connectivity index (χ4n) is 2.56. The molecular formula is C17H22N6. The van der Waals surface area contributed by atoms with Gasteiger partial charge in [-0.05, 0) is 37.1 Å². The molecule has 3 rings (SSSR count). The fourth-order valence-corrected chi connectivity index (χ4v) is 2.56. The lowest BCUT2D eigenvalue weighted by atomic mass is 10.2. The first-order valence-corrected chi connectivity index (χ1v) is 7.92. The average Bonchev–Trinajstić information content (AvgIpc) is 2.87. The number of nitrogens with two attached hydrogens (primary N) is 1. The standard InChI is InChI=1S/C17H22N6/c1-12(2)19-9-5-6-13-10-21-17-15(14-7-3-4-8-20-14)16(18)22-23(17)11-13/h3-4,7-8,10-12,19H,5-6,9H2,1-2H3,(H2,18,22). The lowest BCUT2D eigenvalue weighted by Crippen LogP contribution is -2.23. The van der Waals surface area contributed by atoms with Crippen molar-refractivity contribution in [1.29, 1.82) is 0 Å². The lowest BCUT2D eigenvalue weighted by molar-refractivity contribution is 0.570. The number of hydrogen-bond donors (Lipinski definition) is 2. The minimum atomic E-state index is 0.454. The molecule has 23 heavy (non-hydrogen) atoms. The van der Waals surface area contributed by atoms with Crippen LogP contribution in [0.15, 0.2) is 36.8 Å². The maximum absolute atomic E-state index is 6.07. The predicted molar refractivity (Wildman–Crippen MR) is 92.1 cm³/mol. The Balaban J connectivity index is 1.82. The predicted octanol–water partition coefficient (Wildman–Crippen LogP) is 2.30. The van der Waals surface area contributed by atoms with E-state index in [0.29, 0.717) is 11.9 Å². The van der Waals surface area contributed by atoms with Crippen molar-refractivity contribution >= 4 is 11.5 Å². The maximum Gasteiger partial charge on any atom is 0.166 e. The Labute approximate surface area is 135 Å². The third kappa shape index (κ3) is 3.48. The molecule has 0 amide bonds. The zero-order chi connectivity index (χ0) is 16.2. The average molecular weight is 310 g/mol. The molecule has 0 aliphatic heterocycles. The molecule has 0 atom stereocenters. The number of anilines is 1. The van der Waals surface area contributed by atoms with Crippen LogP contribution in [0.4, 0.5) is 5.82 Å². The van der Waals surface area contributed by atoms with Gasteiger partial charge in [0.1, 0.15) is 0 Å². The molecule has 6 heteroatoms. The second kappa shape index (κ2) is 6.75. The van der Waals surface area contributed by atoms with Crippen LogP contribution in [-0.2, 0) is 6.42 Å². The van der Waals surface area contributed by atoms with Crippen molar-refractivity contribution in [2.45, 2.75) is 32.7 Å². The van der Waals surface area contributed by atoms with E-state index in [1.807, 2.05) is 30.6 Å². The van der Waals surface area contributed by atoms with Gasteiger partial charge in [-0.15, -0.1) is 5.10 Å². The number of fused-ring (bicyclic) bond motifs is 1. The Morgan fingerprint density at radius 3 is 2.87 bits per heavy atom. The summed E-state index contributed by atoms with van der Waals surface area (Å²) < 4.78 is 1.75. The normalized spacial score (nSPS) is 11.4. The second-order valence-electron chi connectivity index (χ2n) is 5.92. The van der Waals surface area contributed by atoms with Crippen molar-refractivity contribution in [3.63, 3.8) is 0 Å². The number of rotatable bonds is 6. The molecular weight excluding hydrogens is 288 g/mol. The van der Waals surface area contributed by atoms with Crippen LogP contribution in [0.2, 0.25) is 0 Å². The summed E-state index contributed by atoms with van der Waals surface area (Å²) in [4.78, 5) is 8.90. The highest BCUT2D eigenvalue weighted by atomic mass is 15.3. The van der Waals surface area contributed by atoms with Crippen molar-refractivity contribution in [3.8, 4) is 11.3 Å². The molecule has 0 saturated heterocycles. The minimum absolute atomic E-state index is 0.454. The Morgan fingerprint density at radius 2 is 2.13 bits per heavy atom. The summed E-state index contributed by atoms with van der Waals surface area (Å²) in [6.07, 6.45) is 7.67. The molecule has 0 radical (unpaired) electrons. The van der Waals surface area contributed by atoms with E-state index in [-0.39, 0.29) is 0 Å². The first-order valence-electron chi connectivity index (χ1n) is 7.92. The van der Waals surface area contributed by atoms with E-state index in [1.165, 1.54) is 0 Å². The molecule has 0 aliphatic carbocycles. The van der Waals surface area contributed by atoms with Crippen LogP contribution in [0, 0.1) is 0 Å². The SMILES string of the molecule is CC(C)NCCCc1cnc2c(-c3ccccn3)c(N)nn2c1. The molecule has 0 spiro atoms. The van der Waals surface area contributed by atoms with Gasteiger partial charge in [0.15, 0.2) is 11.5 Å². The number of pyridine rings is 1. The second-order valence-corrected chi connectivity index (χ2v) is 5.92. The molecule has 0 unspecified atom stereocenters. The van der Waals surface area contributed by atoms with E-state index in [9.17, 15) is 0 Å². The first kappa shape index (κ1) is 15.4. The van der Waals surface area contributed by atoms with Crippen molar-refractivity contribution in [3.05, 3.63) is 42.4 Å². The van der Waals surface area contributed by atoms with Gasteiger partial charge in [0.2, 0.25) is 0 Å². The largest absolute Gasteiger partial charge is 0.382 e. The summed E-state index contributed by atoms with van der Waals surface area (Å²) in [5, 5.41) is 7.80. The van der Waals surface area contributed by atoms with E-state index in [1.54, 1.807) is 10.7 Å². The van der Waals surface area contributed by atoms with Crippen LogP contribution in [0.3, 0.4) is 0 Å². The highest BCUT2D eigenvalue weighted by molar-refractivity contribution is 5.84. The van der Waals surface area contributed by atoms with Crippen molar-refractivity contribution in [1.82, 2.24) is 24.9 Å². The van der Waals surface area contributed by atoms with E-state index >= 15 is 0 Å². The Kier molecular flexibility index (Phi) is 4.52. The van der Waals surface area contributed by atoms with E-state index < -0.39 is 0 Å². The number of nitrogen functional groups attached to an aromatic ring is 1. The first-order chi connectivity index (χ1) is 11.1. The molecule has 3 aromatic rings. The van der Waals surface area contributed by atoms with E-state index in [2.05, 4.69) is 34.2 Å². The van der Waals surface area contributed by atoms with Crippen molar-refractivity contribution < 1.29 is 0 Å². The van der Waals surface area contributed by atoms with Crippen LogP contribution >= 0.6 is 0 Å². The van der Waals surface area contributed by atoms with E-state index in [4.69, 9.17) is 5.73 Å². The quantitative estimate of drug-likeness (QED) is 0.683. The van der Waals surface area contributed by atoms with Gasteiger partial charge in [0.25, 0.3) is 0 Å². The van der Waals surface area contributed by atoms with Gasteiger partial charge in [0.05, 0.1) is 11.3 Å². The summed E-state index contributed by atoms with van der Waals surface area (Å²) in [7, 11) is 0. The number of nitrogens with zero attached hydrogens (tertiary/aromatic N) is 4. The number of hydrogen-bond acceptors (Lipinski definition) is 5. The van der Waals surface area contributed by atoms with Crippen LogP contribution in [-0.4, -0.2) is 32.2 Å². The van der Waals surface area contributed by atoms with Gasteiger partial charge in [-0.2, -0.15) is 0 Å². The minimum Gasteiger partial charge on any atom is -0.382 e. The van der Waals surface area contributed by atoms with Crippen molar-refractivity contribution in [2.24, 2.45) is 0 Å². The third-order valence-corrected chi connectivity index (χ3v) is 3.67. The molecule has 6 nitrogen and oxygen atoms in total. The number of nitrogens with one attached hydrogen (secondary N) is 1. The smallest absolute Gasteiger partial charge is 0.166 e. The Hall–Kier alpha value is -2.47. The van der Waals surface area contributed by atoms with Crippen LogP contribution < -0.4 is 11.1 Å². The maximum atomic E-state index is 6.07. The van der Waals surface area contributed by atoms with Crippen LogP contribution in [0.5, 0.6) is 0 Å². The molecule has 0 fully saturated rings. The molecule has 0 saturated carbocycles. The van der Waals surface area contributed by atoms with Gasteiger partial charge in [-0.25, -0.2) is 9.50 Å². The zero-order valence-corrected chi connectivity index (χ0v) is 13.5. The highest BCUT2D eigenvalue weighted by Crippen LogP contribution is 2.27. The lowest BCUT2D eigenvalue weighted by Gasteiger charge is -2.07. The van der Waals surface area contributed by atoms with E-state index in [0.717, 1.165) is 41.9 Å². The van der Waals surface area contributed by atoms with Gasteiger partial charge < -0.3 is 11.1 Å². The summed E-state index contributed by atoms with van der Waals surface area (Å²) in [6, 6.07) is 6.24. The summed E-state index contributed by atoms with van der Waals surface area (Å²) in [5.41, 5.74) is 9.54.